The molecule has 0 fully saturated rings. The summed E-state index contributed by atoms with van der Waals surface area (Å²) in [5.41, 5.74) is 0. The fourth-order valence-electron chi connectivity index (χ4n) is 0.167. The third-order valence-electron chi connectivity index (χ3n) is 0.247. The van der Waals surface area contributed by atoms with Gasteiger partial charge in [0.05, 0.1) is 0 Å². The molecule has 0 aromatic rings. The Bertz CT molecular complexity index is 150. The van der Waals surface area contributed by atoms with Gasteiger partial charge in [-0.3, -0.25) is 14.6 Å². The molecular weight excluding hydrogens is 181 g/mol. The van der Waals surface area contributed by atoms with E-state index in [1.807, 2.05) is 0 Å². The maximum Gasteiger partial charge on any atom is 1.00 e. The van der Waals surface area contributed by atoms with Crippen LogP contribution in [0.15, 0.2) is 0 Å². The Kier molecular flexibility index (Phi) is 13.4. The Balaban J connectivity index is -0.0000000408. The molecule has 0 atom stereocenters. The Labute approximate surface area is 116 Å². The second kappa shape index (κ2) is 7.50. The summed E-state index contributed by atoms with van der Waals surface area (Å²) < 4.78 is 13.2. The van der Waals surface area contributed by atoms with Crippen molar-refractivity contribution in [3.63, 3.8) is 0 Å². The van der Waals surface area contributed by atoms with E-state index in [2.05, 4.69) is 4.52 Å². The van der Waals surface area contributed by atoms with Crippen molar-refractivity contribution < 1.29 is 96.8 Å². The van der Waals surface area contributed by atoms with Crippen LogP contribution in [0.2, 0.25) is 0 Å². The number of hydrogen-bond acceptors (Lipinski definition) is 3. The van der Waals surface area contributed by atoms with Crippen LogP contribution in [-0.4, -0.2) is 15.8 Å². The van der Waals surface area contributed by atoms with Crippen molar-refractivity contribution in [3.05, 3.63) is 0 Å². The first-order valence-corrected chi connectivity index (χ1v) is 3.20. The molecule has 2 N–H and O–H groups in total. The van der Waals surface area contributed by atoms with Crippen LogP contribution in [-0.2, 0) is 13.9 Å². The predicted molar refractivity (Wildman–Crippen MR) is 26.0 cm³/mol. The fraction of sp³-hybridized carbons (Fsp3) is 0.500. The van der Waals surface area contributed by atoms with Gasteiger partial charge in [-0.05, 0) is 0 Å². The number of phosphoric ester groups is 1. The molecular formula is C2H7KLiO5P. The molecule has 0 aliphatic heterocycles. The Morgan fingerprint density at radius 1 is 1.60 bits per heavy atom. The number of carbonyl (C=O) groups is 1. The molecule has 0 rings (SSSR count). The molecule has 0 heterocycles. The summed E-state index contributed by atoms with van der Waals surface area (Å²) in [6, 6.07) is 0. The van der Waals surface area contributed by atoms with Crippen LogP contribution in [0.5, 0.6) is 0 Å². The molecule has 0 amide bonds. The van der Waals surface area contributed by atoms with Crippen molar-refractivity contribution >= 4 is 13.8 Å². The van der Waals surface area contributed by atoms with Crippen LogP contribution in [0.25, 0.3) is 0 Å². The zero-order chi connectivity index (χ0) is 6.78. The number of hydrogen-bond donors (Lipinski definition) is 2. The minimum Gasteiger partial charge on any atom is -1.00 e. The zero-order valence-corrected chi connectivity index (χ0v) is 10.1. The quantitative estimate of drug-likeness (QED) is 0.316. The summed E-state index contributed by atoms with van der Waals surface area (Å²) in [7, 11) is -4.57. The number of rotatable bonds is 1. The van der Waals surface area contributed by atoms with Crippen molar-refractivity contribution in [2.45, 2.75) is 6.92 Å². The van der Waals surface area contributed by atoms with Gasteiger partial charge >= 0.3 is 84.0 Å². The molecule has 0 spiro atoms. The minimum absolute atomic E-state index is 0. The van der Waals surface area contributed by atoms with Crippen molar-refractivity contribution in [1.82, 2.24) is 0 Å². The van der Waals surface area contributed by atoms with Crippen LogP contribution in [0, 0.1) is 0 Å². The van der Waals surface area contributed by atoms with E-state index in [-0.39, 0.29) is 73.1 Å². The van der Waals surface area contributed by atoms with Gasteiger partial charge in [0.15, 0.2) is 0 Å². The van der Waals surface area contributed by atoms with Crippen molar-refractivity contribution in [3.8, 4) is 0 Å². The maximum atomic E-state index is 9.74. The molecule has 0 bridgehead atoms. The second-order valence-corrected chi connectivity index (χ2v) is 2.24. The van der Waals surface area contributed by atoms with E-state index in [1.165, 1.54) is 0 Å². The molecule has 10 heavy (non-hydrogen) atoms. The van der Waals surface area contributed by atoms with Crippen LogP contribution in [0.4, 0.5) is 0 Å². The summed E-state index contributed by atoms with van der Waals surface area (Å²) in [5.74, 6) is -0.988. The predicted octanol–water partition coefficient (Wildman–Crippen LogP) is -6.12. The van der Waals surface area contributed by atoms with Gasteiger partial charge < -0.3 is 7.38 Å². The first-order chi connectivity index (χ1) is 3.42. The topological polar surface area (TPSA) is 83.8 Å². The smallest absolute Gasteiger partial charge is 1.00 e. The molecule has 0 aliphatic carbocycles. The van der Waals surface area contributed by atoms with Gasteiger partial charge in [-0.2, -0.15) is 0 Å². The minimum atomic E-state index is -4.57. The SMILES string of the molecule is CC(=O)OP(=O)(O)O.[H-].[H-].[K+].[Li+]. The molecule has 0 unspecified atom stereocenters. The number of carbonyl (C=O) groups excluding carboxylic acids is 1. The van der Waals surface area contributed by atoms with Gasteiger partial charge in [0, 0.05) is 6.92 Å². The summed E-state index contributed by atoms with van der Waals surface area (Å²) in [6.45, 7) is 0.916. The summed E-state index contributed by atoms with van der Waals surface area (Å²) in [5, 5.41) is 0. The van der Waals surface area contributed by atoms with Gasteiger partial charge in [-0.25, -0.2) is 4.57 Å². The van der Waals surface area contributed by atoms with E-state index >= 15 is 0 Å². The van der Waals surface area contributed by atoms with Gasteiger partial charge in [0.25, 0.3) is 0 Å². The molecule has 0 saturated carbocycles. The van der Waals surface area contributed by atoms with E-state index in [4.69, 9.17) is 9.79 Å². The third-order valence-corrected chi connectivity index (χ3v) is 0.742. The monoisotopic (exact) mass is 188 g/mol. The molecule has 5 nitrogen and oxygen atoms in total. The van der Waals surface area contributed by atoms with Crippen molar-refractivity contribution in [1.29, 1.82) is 0 Å². The van der Waals surface area contributed by atoms with E-state index in [0.717, 1.165) is 6.92 Å². The summed E-state index contributed by atoms with van der Waals surface area (Å²) in [4.78, 5) is 25.5. The summed E-state index contributed by atoms with van der Waals surface area (Å²) >= 11 is 0. The van der Waals surface area contributed by atoms with Crippen molar-refractivity contribution in [2.75, 3.05) is 0 Å². The zero-order valence-electron chi connectivity index (χ0n) is 8.07. The second-order valence-electron chi connectivity index (χ2n) is 1.07. The molecule has 8 heteroatoms. The Morgan fingerprint density at radius 2 is 1.90 bits per heavy atom. The van der Waals surface area contributed by atoms with E-state index in [1.54, 1.807) is 0 Å². The van der Waals surface area contributed by atoms with Crippen LogP contribution >= 0.6 is 7.82 Å². The number of phosphoric acid groups is 1. The third kappa shape index (κ3) is 16.4. The average molecular weight is 188 g/mol. The molecule has 0 aliphatic rings. The van der Waals surface area contributed by atoms with E-state index < -0.39 is 13.8 Å². The molecule has 0 aromatic heterocycles. The first-order valence-electron chi connectivity index (χ1n) is 1.67. The molecule has 0 radical (unpaired) electrons. The largest absolute Gasteiger partial charge is 1.00 e. The van der Waals surface area contributed by atoms with Crippen LogP contribution in [0.1, 0.15) is 9.78 Å². The Morgan fingerprint density at radius 3 is 1.90 bits per heavy atom. The van der Waals surface area contributed by atoms with E-state index in [0.29, 0.717) is 0 Å². The molecule has 0 aromatic carbocycles. The molecule has 52 valence electrons. The van der Waals surface area contributed by atoms with Gasteiger partial charge in [0.1, 0.15) is 0 Å². The Hall–Kier alpha value is 1.85. The maximum absolute atomic E-state index is 9.74. The van der Waals surface area contributed by atoms with Gasteiger partial charge in [-0.1, -0.05) is 0 Å². The normalized spacial score (nSPS) is 8.70. The molecule has 0 saturated heterocycles. The summed E-state index contributed by atoms with van der Waals surface area (Å²) in [6.07, 6.45) is 0. The van der Waals surface area contributed by atoms with E-state index in [9.17, 15) is 9.36 Å². The first kappa shape index (κ1) is 17.8. The van der Waals surface area contributed by atoms with Crippen molar-refractivity contribution in [2.24, 2.45) is 0 Å². The fourth-order valence-corrected chi connectivity index (χ4v) is 0.502. The standard InChI is InChI=1S/C2H5O5P.K.Li.2H/c1-2(3)7-8(4,5)6;;;;/h1H3,(H2,4,5,6);;;;/q;2*+1;2*-1. The van der Waals surface area contributed by atoms with Crippen LogP contribution < -0.4 is 70.2 Å². The van der Waals surface area contributed by atoms with Crippen LogP contribution in [0.3, 0.4) is 0 Å². The van der Waals surface area contributed by atoms with Gasteiger partial charge in [-0.15, -0.1) is 0 Å². The van der Waals surface area contributed by atoms with Gasteiger partial charge in [0.2, 0.25) is 0 Å². The average Bonchev–Trinajstić information content (AvgIpc) is 1.21.